The third kappa shape index (κ3) is 2.30. The number of allylic oxidation sites excluding steroid dienone is 1. The van der Waals surface area contributed by atoms with Crippen LogP contribution in [-0.2, 0) is 5.54 Å². The van der Waals surface area contributed by atoms with E-state index in [-0.39, 0.29) is 5.54 Å². The van der Waals surface area contributed by atoms with Crippen LogP contribution < -0.4 is 0 Å². The van der Waals surface area contributed by atoms with Crippen molar-refractivity contribution < 1.29 is 0 Å². The van der Waals surface area contributed by atoms with Gasteiger partial charge in [-0.05, 0) is 37.8 Å². The Morgan fingerprint density at radius 2 is 2.11 bits per heavy atom. The first-order valence-corrected chi connectivity index (χ1v) is 6.51. The van der Waals surface area contributed by atoms with E-state index < -0.39 is 0 Å². The Kier molecular flexibility index (Phi) is 3.50. The molecule has 0 saturated carbocycles. The standard InChI is InChI=1S/C15H21N3/c1-5-15(4,11-10-12(2)3)18-14-9-7-6-8-13(14)16-17-18/h5-9,12H,1,10-11H2,2-4H3. The minimum atomic E-state index is -0.166. The van der Waals surface area contributed by atoms with Crippen LogP contribution in [0.1, 0.15) is 33.6 Å². The maximum atomic E-state index is 4.31. The topological polar surface area (TPSA) is 30.7 Å². The molecule has 1 atom stereocenters. The fourth-order valence-corrected chi connectivity index (χ4v) is 2.12. The van der Waals surface area contributed by atoms with Gasteiger partial charge in [-0.15, -0.1) is 11.7 Å². The zero-order valence-electron chi connectivity index (χ0n) is 11.4. The van der Waals surface area contributed by atoms with Gasteiger partial charge in [0.15, 0.2) is 0 Å². The Labute approximate surface area is 109 Å². The quantitative estimate of drug-likeness (QED) is 0.748. The molecule has 0 saturated heterocycles. The summed E-state index contributed by atoms with van der Waals surface area (Å²) in [6.45, 7) is 10.6. The molecule has 96 valence electrons. The van der Waals surface area contributed by atoms with Crippen molar-refractivity contribution in [1.82, 2.24) is 15.0 Å². The first-order chi connectivity index (χ1) is 8.57. The van der Waals surface area contributed by atoms with Crippen LogP contribution in [0.4, 0.5) is 0 Å². The third-order valence-electron chi connectivity index (χ3n) is 3.50. The van der Waals surface area contributed by atoms with Crippen molar-refractivity contribution in [3.05, 3.63) is 36.9 Å². The SMILES string of the molecule is C=CC(C)(CCC(C)C)n1nnc2ccccc21. The Morgan fingerprint density at radius 3 is 2.78 bits per heavy atom. The number of benzene rings is 1. The van der Waals surface area contributed by atoms with Gasteiger partial charge in [0.1, 0.15) is 5.52 Å². The number of aromatic nitrogens is 3. The second-order valence-electron chi connectivity index (χ2n) is 5.48. The lowest BCUT2D eigenvalue weighted by Crippen LogP contribution is -2.29. The number of hydrogen-bond donors (Lipinski definition) is 0. The summed E-state index contributed by atoms with van der Waals surface area (Å²) in [5, 5.41) is 8.54. The zero-order valence-corrected chi connectivity index (χ0v) is 11.4. The molecule has 0 spiro atoms. The highest BCUT2D eigenvalue weighted by atomic mass is 15.4. The largest absolute Gasteiger partial charge is 0.235 e. The van der Waals surface area contributed by atoms with Gasteiger partial charge < -0.3 is 0 Å². The first kappa shape index (κ1) is 12.8. The zero-order chi connectivity index (χ0) is 13.2. The molecule has 2 aromatic rings. The summed E-state index contributed by atoms with van der Waals surface area (Å²) >= 11 is 0. The van der Waals surface area contributed by atoms with Gasteiger partial charge in [0.05, 0.1) is 11.1 Å². The van der Waals surface area contributed by atoms with E-state index in [1.165, 1.54) is 0 Å². The summed E-state index contributed by atoms with van der Waals surface area (Å²) in [5.41, 5.74) is 1.85. The van der Waals surface area contributed by atoms with Gasteiger partial charge in [0, 0.05) is 0 Å². The van der Waals surface area contributed by atoms with Gasteiger partial charge >= 0.3 is 0 Å². The number of para-hydroxylation sites is 1. The van der Waals surface area contributed by atoms with Gasteiger partial charge in [-0.1, -0.05) is 37.3 Å². The van der Waals surface area contributed by atoms with Crippen LogP contribution in [0.25, 0.3) is 11.0 Å². The molecule has 0 bridgehead atoms. The van der Waals surface area contributed by atoms with Gasteiger partial charge in [-0.25, -0.2) is 4.68 Å². The smallest absolute Gasteiger partial charge is 0.113 e. The van der Waals surface area contributed by atoms with Gasteiger partial charge in [-0.3, -0.25) is 0 Å². The Morgan fingerprint density at radius 1 is 1.39 bits per heavy atom. The third-order valence-corrected chi connectivity index (χ3v) is 3.50. The molecule has 0 aliphatic rings. The van der Waals surface area contributed by atoms with E-state index in [2.05, 4.69) is 43.7 Å². The summed E-state index contributed by atoms with van der Waals surface area (Å²) in [7, 11) is 0. The van der Waals surface area contributed by atoms with Crippen molar-refractivity contribution in [2.75, 3.05) is 0 Å². The number of fused-ring (bicyclic) bond motifs is 1. The van der Waals surface area contributed by atoms with Crippen LogP contribution in [-0.4, -0.2) is 15.0 Å². The lowest BCUT2D eigenvalue weighted by molar-refractivity contribution is 0.317. The van der Waals surface area contributed by atoms with Crippen molar-refractivity contribution in [3.8, 4) is 0 Å². The second kappa shape index (κ2) is 4.92. The summed E-state index contributed by atoms with van der Waals surface area (Å²) in [4.78, 5) is 0. The molecule has 0 radical (unpaired) electrons. The molecule has 18 heavy (non-hydrogen) atoms. The van der Waals surface area contributed by atoms with Crippen molar-refractivity contribution in [3.63, 3.8) is 0 Å². The number of hydrogen-bond acceptors (Lipinski definition) is 2. The highest BCUT2D eigenvalue weighted by Gasteiger charge is 2.25. The molecule has 1 aromatic heterocycles. The predicted molar refractivity (Wildman–Crippen MR) is 75.4 cm³/mol. The van der Waals surface area contributed by atoms with Crippen molar-refractivity contribution in [2.24, 2.45) is 5.92 Å². The normalized spacial score (nSPS) is 14.9. The predicted octanol–water partition coefficient (Wildman–Crippen LogP) is 3.77. The van der Waals surface area contributed by atoms with Gasteiger partial charge in [-0.2, -0.15) is 0 Å². The van der Waals surface area contributed by atoms with Crippen molar-refractivity contribution >= 4 is 11.0 Å². The van der Waals surface area contributed by atoms with Crippen LogP contribution in [0.5, 0.6) is 0 Å². The molecule has 0 aliphatic heterocycles. The fourth-order valence-electron chi connectivity index (χ4n) is 2.12. The average molecular weight is 243 g/mol. The highest BCUT2D eigenvalue weighted by Crippen LogP contribution is 2.28. The minimum Gasteiger partial charge on any atom is -0.235 e. The molecule has 3 heteroatoms. The lowest BCUT2D eigenvalue weighted by atomic mass is 9.92. The molecular weight excluding hydrogens is 222 g/mol. The van der Waals surface area contributed by atoms with Crippen LogP contribution in [0.15, 0.2) is 36.9 Å². The Hall–Kier alpha value is -1.64. The summed E-state index contributed by atoms with van der Waals surface area (Å²) in [5.74, 6) is 0.680. The maximum absolute atomic E-state index is 4.31. The van der Waals surface area contributed by atoms with Gasteiger partial charge in [0.2, 0.25) is 0 Å². The van der Waals surface area contributed by atoms with Crippen LogP contribution in [0.2, 0.25) is 0 Å². The van der Waals surface area contributed by atoms with E-state index in [1.54, 1.807) is 0 Å². The minimum absolute atomic E-state index is 0.166. The average Bonchev–Trinajstić information content (AvgIpc) is 2.80. The van der Waals surface area contributed by atoms with Crippen LogP contribution in [0.3, 0.4) is 0 Å². The van der Waals surface area contributed by atoms with Gasteiger partial charge in [0.25, 0.3) is 0 Å². The highest BCUT2D eigenvalue weighted by molar-refractivity contribution is 5.74. The van der Waals surface area contributed by atoms with E-state index in [0.717, 1.165) is 23.9 Å². The van der Waals surface area contributed by atoms with Crippen LogP contribution in [0, 0.1) is 5.92 Å². The summed E-state index contributed by atoms with van der Waals surface area (Å²) in [6.07, 6.45) is 4.16. The van der Waals surface area contributed by atoms with Crippen molar-refractivity contribution in [2.45, 2.75) is 39.2 Å². The first-order valence-electron chi connectivity index (χ1n) is 6.51. The Bertz CT molecular complexity index is 541. The van der Waals surface area contributed by atoms with E-state index in [4.69, 9.17) is 0 Å². The fraction of sp³-hybridized carbons (Fsp3) is 0.467. The molecule has 3 nitrogen and oxygen atoms in total. The molecule has 0 fully saturated rings. The summed E-state index contributed by atoms with van der Waals surface area (Å²) in [6, 6.07) is 8.06. The van der Waals surface area contributed by atoms with E-state index >= 15 is 0 Å². The Balaban J connectivity index is 2.40. The van der Waals surface area contributed by atoms with E-state index in [9.17, 15) is 0 Å². The summed E-state index contributed by atoms with van der Waals surface area (Å²) < 4.78 is 2.00. The van der Waals surface area contributed by atoms with Crippen molar-refractivity contribution in [1.29, 1.82) is 0 Å². The molecule has 0 N–H and O–H groups in total. The molecule has 0 amide bonds. The number of rotatable bonds is 5. The van der Waals surface area contributed by atoms with Crippen LogP contribution >= 0.6 is 0 Å². The molecular formula is C15H21N3. The molecule has 1 unspecified atom stereocenters. The molecule has 1 aromatic carbocycles. The van der Waals surface area contributed by atoms with E-state index in [0.29, 0.717) is 5.92 Å². The lowest BCUT2D eigenvalue weighted by Gasteiger charge is -2.27. The van der Waals surface area contributed by atoms with E-state index in [1.807, 2.05) is 29.0 Å². The second-order valence-corrected chi connectivity index (χ2v) is 5.48. The molecule has 0 aliphatic carbocycles. The monoisotopic (exact) mass is 243 g/mol. The molecule has 2 rings (SSSR count). The number of nitrogens with zero attached hydrogens (tertiary/aromatic N) is 3. The maximum Gasteiger partial charge on any atom is 0.113 e. The molecule has 1 heterocycles.